The third kappa shape index (κ3) is 53.0. The molecule has 23 heteroatoms. The molecule has 0 spiro atoms. The molecule has 2 fully saturated rings. The van der Waals surface area contributed by atoms with Crippen molar-refractivity contribution in [1.29, 1.82) is 0 Å². The molecule has 0 radical (unpaired) electrons. The Hall–Kier alpha value is -3.15. The van der Waals surface area contributed by atoms with Crippen LogP contribution in [0.25, 0.3) is 0 Å². The van der Waals surface area contributed by atoms with Crippen molar-refractivity contribution in [3.05, 3.63) is 99.5 Å². The van der Waals surface area contributed by atoms with Crippen LogP contribution in [0.4, 0.5) is 0 Å². The highest BCUT2D eigenvalue weighted by molar-refractivity contribution is 7.48. The lowest BCUT2D eigenvalue weighted by molar-refractivity contribution is -0.262. The maximum absolute atomic E-state index is 14.0. The van der Waals surface area contributed by atoms with Gasteiger partial charge in [-0.05, 0) is 103 Å². The molecule has 0 saturated carbocycles. The van der Waals surface area contributed by atoms with Gasteiger partial charge in [0.25, 0.3) is 0 Å². The first kappa shape index (κ1) is 106. The molecule has 3 N–H and O–H groups in total. The lowest BCUT2D eigenvalue weighted by atomic mass is 9.96. The average Bonchev–Trinajstić information content (AvgIpc) is 0.786. The number of rotatable bonds is 77. The van der Waals surface area contributed by atoms with Crippen molar-refractivity contribution in [2.45, 2.75) is 378 Å². The van der Waals surface area contributed by atoms with E-state index in [-0.39, 0.29) is 64.4 Å². The van der Waals surface area contributed by atoms with Crippen molar-refractivity contribution in [1.82, 2.24) is 10.6 Å². The van der Waals surface area contributed by atoms with Gasteiger partial charge in [0.15, 0.2) is 6.29 Å². The summed E-state index contributed by atoms with van der Waals surface area (Å²) < 4.78 is 117. The quantitative estimate of drug-likeness (QED) is 0.0222. The van der Waals surface area contributed by atoms with Gasteiger partial charge in [-0.1, -0.05) is 256 Å². The van der Waals surface area contributed by atoms with Crippen LogP contribution in [0, 0.1) is 0 Å². The molecular weight excluding hydrogens is 1450 g/mol. The average molecular weight is 1610 g/mol. The second-order valence-corrected chi connectivity index (χ2v) is 32.6. The smallest absolute Gasteiger partial charge is 0.471 e. The first-order chi connectivity index (χ1) is 54.1. The SMILES string of the molecule is C=CCOP(=O)(OCC=C)OC1[C@@H](COC)OC(O)[C@H](NC(=C)CCCCCCCCC/C=C\CCCCCC)[C@H]1OCC[C@@H](CCCCCCC)OC.C=CCOP(=O)(OCC=C)OC1[C@@H](COC)O[C@H](O/C=C\C)[C@H](NC(=O)CCCCCCCCC/C=C\CCCCCC)[C@H]1OCC[C@@H](CCCCCCC)OC. The summed E-state index contributed by atoms with van der Waals surface area (Å²) in [5.41, 5.74) is 0.762. The highest BCUT2D eigenvalue weighted by Crippen LogP contribution is 2.54. The molecule has 21 nitrogen and oxygen atoms in total. The van der Waals surface area contributed by atoms with Crippen LogP contribution >= 0.6 is 15.6 Å². The molecule has 648 valence electrons. The maximum atomic E-state index is 14.0. The van der Waals surface area contributed by atoms with Crippen LogP contribution in [0.1, 0.15) is 304 Å². The number of aliphatic hydroxyl groups is 1. The van der Waals surface area contributed by atoms with E-state index in [1.807, 2.05) is 6.92 Å². The minimum Gasteiger partial charge on any atom is -0.471 e. The fraction of sp³-hybridized carbons (Fsp3) is 0.807. The Morgan fingerprint density at radius 3 is 1.18 bits per heavy atom. The van der Waals surface area contributed by atoms with Gasteiger partial charge in [0, 0.05) is 53.8 Å². The van der Waals surface area contributed by atoms with Crippen molar-refractivity contribution in [2.75, 3.05) is 81.3 Å². The number of methoxy groups -OCH3 is 4. The number of ether oxygens (including phenoxy) is 9. The van der Waals surface area contributed by atoms with E-state index in [1.165, 1.54) is 212 Å². The number of phosphoric acid groups is 2. The zero-order chi connectivity index (χ0) is 81.5. The normalized spacial score (nSPS) is 20.8. The zero-order valence-electron chi connectivity index (χ0n) is 71.3. The standard InChI is InChI=1S/C45H82NO10P.C43H80NO9P/c1-8-13-15-17-18-19-20-21-22-23-24-25-26-28-30-32-41(47)46-42-44(51-37-33-39(50-7)31-29-27-16-14-9-2)43(40(38-49-6)55-45(42)52-34-10-3)56-57(48,53-35-11-4)54-36-12-5;1-8-12-14-16-17-18-19-20-21-22-23-24-25-27-28-30-37(5)44-40-42(49-35-32-38(48-7)31-29-26-15-13-9-2)41(39(36-47-6)52-43(40)45)53-54(46,50-33-10-3)51-34-11-4/h10-12,19-20,34,39-40,42-45H,4-5,8-9,13-18,21-33,35-38H2,1-3,6-7H3,(H,46,47);10-11,18-19,38-45H,3-5,8-9,12-17,20-36H2,1-2,6-7H3/b20-19-,34-10-;19-18-/t39-,40-,42-,43?,44-,45+;38-,39-,40-,41?,42-,43?/m11/s1. The maximum Gasteiger partial charge on any atom is 0.475 e. The largest absolute Gasteiger partial charge is 0.475 e. The number of hydrogen-bond donors (Lipinski definition) is 3. The van der Waals surface area contributed by atoms with Gasteiger partial charge in [0.2, 0.25) is 12.2 Å². The lowest BCUT2D eigenvalue weighted by Gasteiger charge is -2.46. The van der Waals surface area contributed by atoms with Crippen LogP contribution in [-0.4, -0.2) is 166 Å². The summed E-state index contributed by atoms with van der Waals surface area (Å²) >= 11 is 0. The number of hydrogen-bond acceptors (Lipinski definition) is 20. The van der Waals surface area contributed by atoms with Crippen molar-refractivity contribution in [2.24, 2.45) is 0 Å². The topological polar surface area (TPSA) is 234 Å². The van der Waals surface area contributed by atoms with Crippen LogP contribution in [0.5, 0.6) is 0 Å². The van der Waals surface area contributed by atoms with Gasteiger partial charge >= 0.3 is 15.6 Å². The number of carbonyl (C=O) groups is 1. The molecule has 2 saturated heterocycles. The Morgan fingerprint density at radius 1 is 0.450 bits per heavy atom. The van der Waals surface area contributed by atoms with Gasteiger partial charge in [-0.3, -0.25) is 31.9 Å². The predicted octanol–water partition coefficient (Wildman–Crippen LogP) is 22.4. The molecule has 2 rings (SSSR count). The van der Waals surface area contributed by atoms with Crippen LogP contribution in [0.15, 0.2) is 99.5 Å². The summed E-state index contributed by atoms with van der Waals surface area (Å²) in [4.78, 5) is 13.6. The molecule has 0 aromatic rings. The van der Waals surface area contributed by atoms with Gasteiger partial charge in [-0.25, -0.2) is 9.13 Å². The second kappa shape index (κ2) is 73.2. The number of phosphoric ester groups is 2. The van der Waals surface area contributed by atoms with Crippen molar-refractivity contribution in [3.63, 3.8) is 0 Å². The molecule has 0 bridgehead atoms. The minimum atomic E-state index is -4.20. The summed E-state index contributed by atoms with van der Waals surface area (Å²) in [6, 6.07) is -1.61. The number of aliphatic hydroxyl groups excluding tert-OH is 1. The number of unbranched alkanes of at least 4 members (excludes halogenated alkanes) is 30. The molecule has 111 heavy (non-hydrogen) atoms. The van der Waals surface area contributed by atoms with Crippen LogP contribution < -0.4 is 10.6 Å². The van der Waals surface area contributed by atoms with Gasteiger partial charge in [0.1, 0.15) is 48.7 Å². The summed E-state index contributed by atoms with van der Waals surface area (Å²) in [6.07, 6.45) is 58.1. The molecule has 12 atom stereocenters. The lowest BCUT2D eigenvalue weighted by Crippen LogP contribution is -2.66. The monoisotopic (exact) mass is 1610 g/mol. The van der Waals surface area contributed by atoms with E-state index >= 15 is 0 Å². The summed E-state index contributed by atoms with van der Waals surface area (Å²) in [5, 5.41) is 17.8. The molecule has 0 aliphatic carbocycles. The first-order valence-electron chi connectivity index (χ1n) is 43.3. The molecule has 0 aromatic carbocycles. The Labute approximate surface area is 676 Å². The highest BCUT2D eigenvalue weighted by Gasteiger charge is 2.53. The Bertz CT molecular complexity index is 2410. The predicted molar refractivity (Wildman–Crippen MR) is 453 cm³/mol. The van der Waals surface area contributed by atoms with E-state index < -0.39 is 76.9 Å². The molecule has 2 aliphatic heterocycles. The van der Waals surface area contributed by atoms with E-state index in [2.05, 4.69) is 95.5 Å². The van der Waals surface area contributed by atoms with Gasteiger partial charge in [-0.15, -0.1) is 26.3 Å². The van der Waals surface area contributed by atoms with E-state index in [1.54, 1.807) is 20.3 Å². The van der Waals surface area contributed by atoms with E-state index in [4.69, 9.17) is 69.8 Å². The number of nitrogens with one attached hydrogen (secondary N) is 2. The van der Waals surface area contributed by atoms with Crippen LogP contribution in [0.2, 0.25) is 0 Å². The first-order valence-corrected chi connectivity index (χ1v) is 46.2. The third-order valence-electron chi connectivity index (χ3n) is 19.8. The number of allylic oxidation sites excluding steroid dienone is 6. The Morgan fingerprint density at radius 2 is 0.802 bits per heavy atom. The van der Waals surface area contributed by atoms with Crippen LogP contribution in [0.3, 0.4) is 0 Å². The fourth-order valence-electron chi connectivity index (χ4n) is 13.4. The van der Waals surface area contributed by atoms with Crippen molar-refractivity contribution >= 4 is 21.6 Å². The third-order valence-corrected chi connectivity index (χ3v) is 22.6. The minimum absolute atomic E-state index is 0.0105. The molecule has 2 heterocycles. The molecule has 2 aliphatic rings. The number of amides is 1. The molecule has 1 amide bonds. The van der Waals surface area contributed by atoms with Crippen molar-refractivity contribution < 1.29 is 88.8 Å². The van der Waals surface area contributed by atoms with Gasteiger partial charge in [-0.2, -0.15) is 0 Å². The molecular formula is C88H162N2O19P2. The van der Waals surface area contributed by atoms with E-state index in [0.29, 0.717) is 25.9 Å². The fourth-order valence-corrected chi connectivity index (χ4v) is 16.1. The molecule has 3 unspecified atom stereocenters. The van der Waals surface area contributed by atoms with Gasteiger partial charge in [0.05, 0.1) is 58.1 Å². The highest BCUT2D eigenvalue weighted by atomic mass is 31.2. The van der Waals surface area contributed by atoms with E-state index in [9.17, 15) is 19.0 Å². The van der Waals surface area contributed by atoms with Crippen molar-refractivity contribution in [3.8, 4) is 0 Å². The number of carbonyl (C=O) groups excluding carboxylic acids is 1. The zero-order valence-corrected chi connectivity index (χ0v) is 73.1. The Balaban J connectivity index is 0.00000111. The van der Waals surface area contributed by atoms with Crippen LogP contribution in [-0.2, 0) is 83.7 Å². The summed E-state index contributed by atoms with van der Waals surface area (Å²) in [7, 11) is -1.85. The summed E-state index contributed by atoms with van der Waals surface area (Å²) in [6.45, 7) is 30.1. The molecule has 0 aromatic heterocycles. The summed E-state index contributed by atoms with van der Waals surface area (Å²) in [5.74, 6) is -0.160. The van der Waals surface area contributed by atoms with E-state index in [0.717, 1.165) is 89.2 Å². The Kier molecular flexibility index (Phi) is 69.8. The van der Waals surface area contributed by atoms with Gasteiger partial charge < -0.3 is 58.4 Å². The second-order valence-electron chi connectivity index (χ2n) is 29.4.